The number of aliphatic hydroxyl groups is 1. The summed E-state index contributed by atoms with van der Waals surface area (Å²) in [6.45, 7) is 4.91. The number of rotatable bonds is 16. The second-order valence-electron chi connectivity index (χ2n) is 8.76. The van der Waals surface area contributed by atoms with Crippen LogP contribution in [-0.2, 0) is 14.3 Å². The van der Waals surface area contributed by atoms with Gasteiger partial charge in [-0.1, -0.05) is 76.8 Å². The zero-order chi connectivity index (χ0) is 24.1. The van der Waals surface area contributed by atoms with E-state index in [4.69, 9.17) is 9.47 Å². The highest BCUT2D eigenvalue weighted by molar-refractivity contribution is 6.22. The van der Waals surface area contributed by atoms with Crippen LogP contribution in [0.4, 0.5) is 0 Å². The molecule has 1 heterocycles. The Balaban J connectivity index is 1.75. The van der Waals surface area contributed by atoms with Crippen LogP contribution in [-0.4, -0.2) is 48.2 Å². The Kier molecular flexibility index (Phi) is 11.8. The highest BCUT2D eigenvalue weighted by Crippen LogP contribution is 2.33. The molecule has 0 aliphatic carbocycles. The second-order valence-corrected chi connectivity index (χ2v) is 8.76. The van der Waals surface area contributed by atoms with Crippen LogP contribution < -0.4 is 4.74 Å². The molecule has 6 heteroatoms. The monoisotopic (exact) mass is 459 g/mol. The van der Waals surface area contributed by atoms with Gasteiger partial charge in [0.15, 0.2) is 0 Å². The van der Waals surface area contributed by atoms with E-state index in [9.17, 15) is 14.7 Å². The number of amides is 1. The summed E-state index contributed by atoms with van der Waals surface area (Å²) in [5.41, 5.74) is 0.843. The first-order chi connectivity index (χ1) is 16.0. The number of ether oxygens (including phenoxy) is 2. The van der Waals surface area contributed by atoms with E-state index in [2.05, 4.69) is 6.92 Å². The van der Waals surface area contributed by atoms with E-state index in [-0.39, 0.29) is 30.3 Å². The lowest BCUT2D eigenvalue weighted by molar-refractivity contribution is -0.144. The standard InChI is InChI=1S/C27H41NO5/c1-4-6-7-8-9-10-11-12-13-14-19-33-22-17-15-21(16-18-22)25-26(30)23(28(3)27(25)31)20-24(29)32-5-2/h15-18,23,30H,4-14,19-20H2,1-3H3. The maximum atomic E-state index is 12.7. The fraction of sp³-hybridized carbons (Fsp3) is 0.630. The number of benzene rings is 1. The zero-order valence-electron chi connectivity index (χ0n) is 20.6. The third kappa shape index (κ3) is 8.41. The quantitative estimate of drug-likeness (QED) is 0.241. The van der Waals surface area contributed by atoms with Gasteiger partial charge in [-0.3, -0.25) is 9.59 Å². The number of hydrogen-bond donors (Lipinski definition) is 1. The first-order valence-corrected chi connectivity index (χ1v) is 12.6. The predicted molar refractivity (Wildman–Crippen MR) is 131 cm³/mol. The number of carbonyl (C=O) groups excluding carboxylic acids is 2. The molecule has 1 aliphatic heterocycles. The van der Waals surface area contributed by atoms with E-state index in [1.807, 2.05) is 12.1 Å². The van der Waals surface area contributed by atoms with E-state index in [0.29, 0.717) is 12.2 Å². The lowest BCUT2D eigenvalue weighted by Crippen LogP contribution is -2.34. The van der Waals surface area contributed by atoms with E-state index in [0.717, 1.165) is 12.2 Å². The minimum absolute atomic E-state index is 0.0640. The Labute approximate surface area is 199 Å². The smallest absolute Gasteiger partial charge is 0.308 e. The largest absolute Gasteiger partial charge is 0.509 e. The topological polar surface area (TPSA) is 76.1 Å². The molecule has 0 fully saturated rings. The fourth-order valence-corrected chi connectivity index (χ4v) is 4.16. The van der Waals surface area contributed by atoms with Gasteiger partial charge in [0.1, 0.15) is 17.6 Å². The van der Waals surface area contributed by atoms with Gasteiger partial charge >= 0.3 is 5.97 Å². The van der Waals surface area contributed by atoms with Gasteiger partial charge in [0.25, 0.3) is 5.91 Å². The lowest BCUT2D eigenvalue weighted by atomic mass is 10.0. The minimum Gasteiger partial charge on any atom is -0.509 e. The van der Waals surface area contributed by atoms with Crippen molar-refractivity contribution in [2.24, 2.45) is 0 Å². The van der Waals surface area contributed by atoms with Crippen LogP contribution >= 0.6 is 0 Å². The van der Waals surface area contributed by atoms with Crippen molar-refractivity contribution in [3.63, 3.8) is 0 Å². The molecule has 1 aromatic rings. The number of nitrogens with zero attached hydrogens (tertiary/aromatic N) is 1. The van der Waals surface area contributed by atoms with E-state index >= 15 is 0 Å². The Bertz CT molecular complexity index is 771. The molecule has 0 radical (unpaired) electrons. The second kappa shape index (κ2) is 14.6. The van der Waals surface area contributed by atoms with E-state index in [1.165, 1.54) is 62.7 Å². The van der Waals surface area contributed by atoms with Crippen LogP contribution in [0.5, 0.6) is 5.75 Å². The summed E-state index contributed by atoms with van der Waals surface area (Å²) < 4.78 is 10.8. The summed E-state index contributed by atoms with van der Waals surface area (Å²) in [4.78, 5) is 25.9. The van der Waals surface area contributed by atoms with Crippen molar-refractivity contribution in [1.29, 1.82) is 0 Å². The van der Waals surface area contributed by atoms with Gasteiger partial charge in [0, 0.05) is 7.05 Å². The van der Waals surface area contributed by atoms with Crippen molar-refractivity contribution in [3.05, 3.63) is 35.6 Å². The molecule has 0 aromatic heterocycles. The van der Waals surface area contributed by atoms with Crippen LogP contribution in [0.2, 0.25) is 0 Å². The molecule has 2 rings (SSSR count). The van der Waals surface area contributed by atoms with E-state index in [1.54, 1.807) is 26.1 Å². The number of carbonyl (C=O) groups is 2. The maximum absolute atomic E-state index is 12.7. The van der Waals surface area contributed by atoms with Gasteiger partial charge in [0.05, 0.1) is 25.2 Å². The zero-order valence-corrected chi connectivity index (χ0v) is 20.6. The van der Waals surface area contributed by atoms with Crippen molar-refractivity contribution in [2.45, 2.75) is 90.5 Å². The number of unbranched alkanes of at least 4 members (excludes halogenated alkanes) is 9. The molecule has 0 saturated heterocycles. The molecule has 6 nitrogen and oxygen atoms in total. The molecule has 33 heavy (non-hydrogen) atoms. The van der Waals surface area contributed by atoms with Gasteiger partial charge in [-0.15, -0.1) is 0 Å². The SMILES string of the molecule is CCCCCCCCCCCCOc1ccc(C2=C(O)C(CC(=O)OCC)N(C)C2=O)cc1. The highest BCUT2D eigenvalue weighted by Gasteiger charge is 2.39. The molecular formula is C27H41NO5. The predicted octanol–water partition coefficient (Wildman–Crippen LogP) is 6.05. The minimum atomic E-state index is -0.696. The molecular weight excluding hydrogens is 418 g/mol. The summed E-state index contributed by atoms with van der Waals surface area (Å²) in [5.74, 6) is -0.0854. The fourth-order valence-electron chi connectivity index (χ4n) is 4.16. The molecule has 1 unspecified atom stereocenters. The Hall–Kier alpha value is -2.50. The van der Waals surface area contributed by atoms with Crippen molar-refractivity contribution >= 4 is 17.4 Å². The summed E-state index contributed by atoms with van der Waals surface area (Å²) in [6.07, 6.45) is 12.8. The molecule has 184 valence electrons. The van der Waals surface area contributed by atoms with Gasteiger partial charge in [-0.25, -0.2) is 0 Å². The number of hydrogen-bond acceptors (Lipinski definition) is 5. The number of likely N-dealkylation sites (N-methyl/N-ethyl adjacent to an activating group) is 1. The molecule has 1 aromatic carbocycles. The van der Waals surface area contributed by atoms with E-state index < -0.39 is 12.0 Å². The highest BCUT2D eigenvalue weighted by atomic mass is 16.5. The van der Waals surface area contributed by atoms with Gasteiger partial charge in [0.2, 0.25) is 0 Å². The Morgan fingerprint density at radius 3 is 2.09 bits per heavy atom. The molecule has 0 saturated carbocycles. The Morgan fingerprint density at radius 1 is 0.939 bits per heavy atom. The normalized spacial score (nSPS) is 15.9. The van der Waals surface area contributed by atoms with Crippen LogP contribution in [0.3, 0.4) is 0 Å². The number of esters is 1. The summed E-state index contributed by atoms with van der Waals surface area (Å²) in [5, 5.41) is 10.6. The lowest BCUT2D eigenvalue weighted by Gasteiger charge is -2.19. The molecule has 1 aliphatic rings. The van der Waals surface area contributed by atoms with Crippen molar-refractivity contribution in [2.75, 3.05) is 20.3 Å². The van der Waals surface area contributed by atoms with Gasteiger partial charge in [-0.05, 0) is 31.0 Å². The summed E-state index contributed by atoms with van der Waals surface area (Å²) in [6, 6.07) is 6.49. The van der Waals surface area contributed by atoms with Crippen LogP contribution in [0, 0.1) is 0 Å². The first kappa shape index (κ1) is 26.7. The average molecular weight is 460 g/mol. The molecule has 1 amide bonds. The molecule has 1 N–H and O–H groups in total. The average Bonchev–Trinajstić information content (AvgIpc) is 3.01. The first-order valence-electron chi connectivity index (χ1n) is 12.6. The number of aliphatic hydroxyl groups excluding tert-OH is 1. The van der Waals surface area contributed by atoms with Crippen LogP contribution in [0.15, 0.2) is 30.0 Å². The van der Waals surface area contributed by atoms with Gasteiger partial charge in [-0.2, -0.15) is 0 Å². The van der Waals surface area contributed by atoms with Crippen LogP contribution in [0.25, 0.3) is 5.57 Å². The maximum Gasteiger partial charge on any atom is 0.308 e. The molecule has 0 spiro atoms. The molecule has 1 atom stereocenters. The summed E-state index contributed by atoms with van der Waals surface area (Å²) >= 11 is 0. The Morgan fingerprint density at radius 2 is 1.52 bits per heavy atom. The third-order valence-corrected chi connectivity index (χ3v) is 6.15. The van der Waals surface area contributed by atoms with Crippen molar-refractivity contribution in [1.82, 2.24) is 4.90 Å². The molecule has 0 bridgehead atoms. The third-order valence-electron chi connectivity index (χ3n) is 6.15. The van der Waals surface area contributed by atoms with Crippen LogP contribution in [0.1, 0.15) is 90.0 Å². The van der Waals surface area contributed by atoms with Crippen molar-refractivity contribution in [3.8, 4) is 5.75 Å². The van der Waals surface area contributed by atoms with Crippen molar-refractivity contribution < 1.29 is 24.2 Å². The summed E-state index contributed by atoms with van der Waals surface area (Å²) in [7, 11) is 1.58. The van der Waals surface area contributed by atoms with Gasteiger partial charge < -0.3 is 19.5 Å².